The summed E-state index contributed by atoms with van der Waals surface area (Å²) in [5.41, 5.74) is 0.700. The van der Waals surface area contributed by atoms with Gasteiger partial charge in [-0.2, -0.15) is 8.78 Å². The monoisotopic (exact) mass is 346 g/mol. The smallest absolute Gasteiger partial charge is 0.387 e. The van der Waals surface area contributed by atoms with Gasteiger partial charge in [-0.3, -0.25) is 9.59 Å². The molecule has 0 aliphatic carbocycles. The molecule has 0 radical (unpaired) electrons. The maximum atomic E-state index is 12.3. The lowest BCUT2D eigenvalue weighted by Gasteiger charge is -2.11. The van der Waals surface area contributed by atoms with Crippen LogP contribution in [-0.2, 0) is 0 Å². The second-order valence-electron chi connectivity index (χ2n) is 4.90. The van der Waals surface area contributed by atoms with Crippen molar-refractivity contribution in [2.24, 2.45) is 0 Å². The molecule has 2 aromatic rings. The van der Waals surface area contributed by atoms with Gasteiger partial charge in [0, 0.05) is 12.1 Å². The van der Waals surface area contributed by atoms with Crippen LogP contribution in [0, 0.1) is 0 Å². The molecule has 0 unspecified atom stereocenters. The van der Waals surface area contributed by atoms with Crippen molar-refractivity contribution in [3.05, 3.63) is 72.3 Å². The van der Waals surface area contributed by atoms with Gasteiger partial charge in [0.2, 0.25) is 0 Å². The summed E-state index contributed by atoms with van der Waals surface area (Å²) in [6.45, 7) is 0.823. The third-order valence-electron chi connectivity index (χ3n) is 3.15. The van der Waals surface area contributed by atoms with E-state index in [1.807, 2.05) is 0 Å². The van der Waals surface area contributed by atoms with Crippen LogP contribution >= 0.6 is 0 Å². The van der Waals surface area contributed by atoms with Crippen LogP contribution in [0.1, 0.15) is 20.7 Å². The maximum Gasteiger partial charge on any atom is 0.387 e. The second kappa shape index (κ2) is 8.58. The topological polar surface area (TPSA) is 67.4 Å². The molecular formula is C18H16F2N2O3. The first-order valence-corrected chi connectivity index (χ1v) is 7.35. The Hall–Kier alpha value is -3.22. The number of para-hydroxylation sites is 1. The predicted molar refractivity (Wildman–Crippen MR) is 90.0 cm³/mol. The largest absolute Gasteiger partial charge is 0.435 e. The quantitative estimate of drug-likeness (QED) is 0.755. The number of nitrogens with one attached hydrogen (secondary N) is 2. The lowest BCUT2D eigenvalue weighted by Crippen LogP contribution is -2.25. The summed E-state index contributed by atoms with van der Waals surface area (Å²) in [4.78, 5) is 24.4. The van der Waals surface area contributed by atoms with Gasteiger partial charge in [-0.05, 0) is 30.3 Å². The minimum absolute atomic E-state index is 0.124. The number of carbonyl (C=O) groups excluding carboxylic acids is 2. The zero-order valence-corrected chi connectivity index (χ0v) is 13.2. The summed E-state index contributed by atoms with van der Waals surface area (Å²) < 4.78 is 28.8. The van der Waals surface area contributed by atoms with E-state index in [4.69, 9.17) is 0 Å². The van der Waals surface area contributed by atoms with Crippen LogP contribution < -0.4 is 15.4 Å². The Morgan fingerprint density at radius 2 is 1.88 bits per heavy atom. The molecule has 0 spiro atoms. The number of hydrogen-bond donors (Lipinski definition) is 2. The number of ether oxygens (including phenoxy) is 1. The molecule has 2 rings (SSSR count). The summed E-state index contributed by atoms with van der Waals surface area (Å²) in [5.74, 6) is -1.05. The van der Waals surface area contributed by atoms with Crippen LogP contribution in [0.3, 0.4) is 0 Å². The van der Waals surface area contributed by atoms with Crippen molar-refractivity contribution in [3.8, 4) is 5.75 Å². The van der Waals surface area contributed by atoms with Gasteiger partial charge in [0.1, 0.15) is 5.75 Å². The van der Waals surface area contributed by atoms with E-state index in [0.29, 0.717) is 5.69 Å². The fraction of sp³-hybridized carbons (Fsp3) is 0.111. The SMILES string of the molecule is C=CCNC(=O)c1ccccc1NC(=O)c1cccc(OC(F)F)c1. The average molecular weight is 346 g/mol. The number of amides is 2. The lowest BCUT2D eigenvalue weighted by atomic mass is 10.1. The van der Waals surface area contributed by atoms with Crippen molar-refractivity contribution in [1.29, 1.82) is 0 Å². The number of benzene rings is 2. The van der Waals surface area contributed by atoms with Crippen LogP contribution in [0.2, 0.25) is 0 Å². The summed E-state index contributed by atoms with van der Waals surface area (Å²) in [7, 11) is 0. The molecule has 7 heteroatoms. The van der Waals surface area contributed by atoms with Gasteiger partial charge >= 0.3 is 6.61 Å². The van der Waals surface area contributed by atoms with Crippen LogP contribution in [0.25, 0.3) is 0 Å². The number of rotatable bonds is 7. The van der Waals surface area contributed by atoms with E-state index < -0.39 is 12.5 Å². The molecular weight excluding hydrogens is 330 g/mol. The first-order valence-electron chi connectivity index (χ1n) is 7.35. The second-order valence-corrected chi connectivity index (χ2v) is 4.90. The standard InChI is InChI=1S/C18H16F2N2O3/c1-2-10-21-17(24)14-8-3-4-9-15(14)22-16(23)12-6-5-7-13(11-12)25-18(19)20/h2-9,11,18H,1,10H2,(H,21,24)(H,22,23). The average Bonchev–Trinajstić information content (AvgIpc) is 2.59. The normalized spacial score (nSPS) is 10.2. The number of anilines is 1. The molecule has 0 saturated heterocycles. The van der Waals surface area contributed by atoms with Crippen molar-refractivity contribution in [1.82, 2.24) is 5.32 Å². The van der Waals surface area contributed by atoms with E-state index in [2.05, 4.69) is 21.9 Å². The van der Waals surface area contributed by atoms with E-state index in [9.17, 15) is 18.4 Å². The summed E-state index contributed by atoms with van der Waals surface area (Å²) in [6.07, 6.45) is 1.54. The highest BCUT2D eigenvalue weighted by atomic mass is 19.3. The third kappa shape index (κ3) is 5.13. The Kier molecular flexibility index (Phi) is 6.22. The molecule has 130 valence electrons. The molecule has 0 bridgehead atoms. The molecule has 0 aliphatic rings. The van der Waals surface area contributed by atoms with Gasteiger partial charge in [0.15, 0.2) is 0 Å². The van der Waals surface area contributed by atoms with Gasteiger partial charge in [0.05, 0.1) is 11.3 Å². The summed E-state index contributed by atoms with van der Waals surface area (Å²) in [6, 6.07) is 11.8. The molecule has 0 aliphatic heterocycles. The van der Waals surface area contributed by atoms with Crippen molar-refractivity contribution in [2.45, 2.75) is 6.61 Å². The van der Waals surface area contributed by atoms with Crippen molar-refractivity contribution >= 4 is 17.5 Å². The number of hydrogen-bond acceptors (Lipinski definition) is 3. The van der Waals surface area contributed by atoms with Crippen molar-refractivity contribution in [2.75, 3.05) is 11.9 Å². The Labute approximate surface area is 143 Å². The molecule has 2 N–H and O–H groups in total. The van der Waals surface area contributed by atoms with E-state index in [1.165, 1.54) is 30.3 Å². The fourth-order valence-electron chi connectivity index (χ4n) is 2.06. The molecule has 25 heavy (non-hydrogen) atoms. The molecule has 5 nitrogen and oxygen atoms in total. The summed E-state index contributed by atoms with van der Waals surface area (Å²) in [5, 5.41) is 5.22. The van der Waals surface area contributed by atoms with Gasteiger partial charge < -0.3 is 15.4 Å². The number of carbonyl (C=O) groups is 2. The van der Waals surface area contributed by atoms with Crippen LogP contribution in [0.15, 0.2) is 61.2 Å². The molecule has 0 saturated carbocycles. The van der Waals surface area contributed by atoms with Crippen molar-refractivity contribution < 1.29 is 23.1 Å². The molecule has 0 atom stereocenters. The van der Waals surface area contributed by atoms with Gasteiger partial charge in [-0.1, -0.05) is 24.3 Å². The first-order chi connectivity index (χ1) is 12.0. The van der Waals surface area contributed by atoms with Crippen LogP contribution in [-0.4, -0.2) is 25.0 Å². The highest BCUT2D eigenvalue weighted by Gasteiger charge is 2.14. The molecule has 0 aromatic heterocycles. The number of halogens is 2. The zero-order chi connectivity index (χ0) is 18.2. The lowest BCUT2D eigenvalue weighted by molar-refractivity contribution is -0.0498. The minimum atomic E-state index is -2.98. The van der Waals surface area contributed by atoms with E-state index in [0.717, 1.165) is 0 Å². The maximum absolute atomic E-state index is 12.3. The molecule has 0 fully saturated rings. The minimum Gasteiger partial charge on any atom is -0.435 e. The first kappa shape index (κ1) is 18.1. The van der Waals surface area contributed by atoms with Crippen molar-refractivity contribution in [3.63, 3.8) is 0 Å². The fourth-order valence-corrected chi connectivity index (χ4v) is 2.06. The molecule has 2 aromatic carbocycles. The molecule has 2 amide bonds. The molecule has 0 heterocycles. The van der Waals surface area contributed by atoms with Crippen LogP contribution in [0.5, 0.6) is 5.75 Å². The Balaban J connectivity index is 2.18. The van der Waals surface area contributed by atoms with E-state index in [1.54, 1.807) is 24.3 Å². The Morgan fingerprint density at radius 1 is 1.12 bits per heavy atom. The third-order valence-corrected chi connectivity index (χ3v) is 3.15. The van der Waals surface area contributed by atoms with Gasteiger partial charge in [-0.15, -0.1) is 6.58 Å². The zero-order valence-electron chi connectivity index (χ0n) is 13.2. The van der Waals surface area contributed by atoms with E-state index >= 15 is 0 Å². The van der Waals surface area contributed by atoms with Gasteiger partial charge in [0.25, 0.3) is 11.8 Å². The predicted octanol–water partition coefficient (Wildman–Crippen LogP) is 3.46. The van der Waals surface area contributed by atoms with E-state index in [-0.39, 0.29) is 29.3 Å². The van der Waals surface area contributed by atoms with Gasteiger partial charge in [-0.25, -0.2) is 0 Å². The Bertz CT molecular complexity index is 778. The summed E-state index contributed by atoms with van der Waals surface area (Å²) >= 11 is 0. The highest BCUT2D eigenvalue weighted by molar-refractivity contribution is 6.09. The van der Waals surface area contributed by atoms with Crippen LogP contribution in [0.4, 0.5) is 14.5 Å². The Morgan fingerprint density at radius 3 is 2.60 bits per heavy atom. The number of alkyl halides is 2. The highest BCUT2D eigenvalue weighted by Crippen LogP contribution is 2.19.